The van der Waals surface area contributed by atoms with Crippen LogP contribution < -0.4 is 10.2 Å². The largest absolute Gasteiger partial charge is 0.481 e. The van der Waals surface area contributed by atoms with Crippen molar-refractivity contribution in [3.05, 3.63) is 42.5 Å². The number of carbonyl (C=O) groups excluding carboxylic acids is 1. The average molecular weight is 324 g/mol. The van der Waals surface area contributed by atoms with Crippen molar-refractivity contribution in [2.24, 2.45) is 11.0 Å². The van der Waals surface area contributed by atoms with Crippen molar-refractivity contribution >= 4 is 22.4 Å². The molecule has 0 aliphatic heterocycles. The van der Waals surface area contributed by atoms with Crippen molar-refractivity contribution in [1.82, 2.24) is 5.43 Å². The molecule has 1 amide bonds. The first-order chi connectivity index (χ1) is 11.6. The number of amides is 1. The van der Waals surface area contributed by atoms with Crippen LogP contribution in [0.2, 0.25) is 0 Å². The summed E-state index contributed by atoms with van der Waals surface area (Å²) in [7, 11) is 0. The quantitative estimate of drug-likeness (QED) is 0.853. The second kappa shape index (κ2) is 7.47. The highest BCUT2D eigenvalue weighted by Crippen LogP contribution is 2.22. The molecule has 4 nitrogen and oxygen atoms in total. The van der Waals surface area contributed by atoms with Crippen LogP contribution in [0.3, 0.4) is 0 Å². The van der Waals surface area contributed by atoms with Crippen LogP contribution in [0, 0.1) is 5.92 Å². The van der Waals surface area contributed by atoms with Crippen LogP contribution in [-0.4, -0.2) is 17.7 Å². The number of ether oxygens (including phenoxy) is 1. The highest BCUT2D eigenvalue weighted by molar-refractivity contribution is 5.88. The summed E-state index contributed by atoms with van der Waals surface area (Å²) in [5.74, 6) is 1.13. The summed E-state index contributed by atoms with van der Waals surface area (Å²) in [6.45, 7) is 3.97. The number of hydrazone groups is 1. The molecular formula is C20H24N2O2. The van der Waals surface area contributed by atoms with Crippen LogP contribution in [0.1, 0.15) is 39.5 Å². The fourth-order valence-corrected chi connectivity index (χ4v) is 3.09. The van der Waals surface area contributed by atoms with E-state index in [1.165, 1.54) is 6.42 Å². The highest BCUT2D eigenvalue weighted by Gasteiger charge is 2.17. The molecular weight excluding hydrogens is 300 g/mol. The van der Waals surface area contributed by atoms with E-state index in [9.17, 15) is 4.79 Å². The zero-order valence-electron chi connectivity index (χ0n) is 14.3. The van der Waals surface area contributed by atoms with Crippen molar-refractivity contribution < 1.29 is 9.53 Å². The standard InChI is InChI=1S/C20H24N2O2/c1-14-6-5-9-18(12-14)21-22-20(23)15(2)24-19-11-10-16-7-3-4-8-17(16)13-19/h3-4,7-8,10-11,13-15H,5-6,9,12H2,1-2H3,(H,22,23)/b21-18-/t14-,15+/m0/s1. The van der Waals surface area contributed by atoms with E-state index < -0.39 is 6.10 Å². The number of hydrogen-bond acceptors (Lipinski definition) is 3. The Morgan fingerprint density at radius 2 is 2.04 bits per heavy atom. The lowest BCUT2D eigenvalue weighted by molar-refractivity contribution is -0.127. The Morgan fingerprint density at radius 3 is 2.83 bits per heavy atom. The topological polar surface area (TPSA) is 50.7 Å². The molecule has 1 N–H and O–H groups in total. The van der Waals surface area contributed by atoms with Gasteiger partial charge in [-0.2, -0.15) is 5.10 Å². The maximum Gasteiger partial charge on any atom is 0.280 e. The van der Waals surface area contributed by atoms with Crippen molar-refractivity contribution in [3.8, 4) is 5.75 Å². The molecule has 2 atom stereocenters. The molecule has 3 rings (SSSR count). The van der Waals surface area contributed by atoms with Crippen LogP contribution in [0.4, 0.5) is 0 Å². The minimum atomic E-state index is -0.587. The molecule has 1 aliphatic rings. The fraction of sp³-hybridized carbons (Fsp3) is 0.400. The summed E-state index contributed by atoms with van der Waals surface area (Å²) in [5.41, 5.74) is 3.74. The molecule has 0 saturated heterocycles. The Bertz CT molecular complexity index is 754. The Kier molecular flexibility index (Phi) is 5.14. The maximum absolute atomic E-state index is 12.2. The Labute approximate surface area is 142 Å². The Balaban J connectivity index is 1.59. The van der Waals surface area contributed by atoms with Crippen molar-refractivity contribution in [1.29, 1.82) is 0 Å². The van der Waals surface area contributed by atoms with Gasteiger partial charge in [-0.25, -0.2) is 5.43 Å². The van der Waals surface area contributed by atoms with Crippen LogP contribution in [0.5, 0.6) is 5.75 Å². The van der Waals surface area contributed by atoms with E-state index >= 15 is 0 Å². The van der Waals surface area contributed by atoms with Gasteiger partial charge in [-0.15, -0.1) is 0 Å². The van der Waals surface area contributed by atoms with Gasteiger partial charge in [0, 0.05) is 5.71 Å². The van der Waals surface area contributed by atoms with Gasteiger partial charge < -0.3 is 4.74 Å². The molecule has 0 bridgehead atoms. The number of benzene rings is 2. The zero-order chi connectivity index (χ0) is 16.9. The molecule has 4 heteroatoms. The van der Waals surface area contributed by atoms with Crippen LogP contribution in [0.15, 0.2) is 47.6 Å². The number of hydrogen-bond donors (Lipinski definition) is 1. The van der Waals surface area contributed by atoms with Gasteiger partial charge in [-0.1, -0.05) is 37.3 Å². The average Bonchev–Trinajstić information content (AvgIpc) is 2.59. The fourth-order valence-electron chi connectivity index (χ4n) is 3.09. The van der Waals surface area contributed by atoms with Gasteiger partial charge >= 0.3 is 0 Å². The van der Waals surface area contributed by atoms with Gasteiger partial charge in [0.1, 0.15) is 5.75 Å². The Morgan fingerprint density at radius 1 is 1.25 bits per heavy atom. The molecule has 0 spiro atoms. The number of fused-ring (bicyclic) bond motifs is 1. The first-order valence-corrected chi connectivity index (χ1v) is 8.62. The summed E-state index contributed by atoms with van der Waals surface area (Å²) in [6, 6.07) is 13.9. The van der Waals surface area contributed by atoms with Crippen molar-refractivity contribution in [3.63, 3.8) is 0 Å². The molecule has 0 unspecified atom stereocenters. The van der Waals surface area contributed by atoms with E-state index in [-0.39, 0.29) is 5.91 Å². The smallest absolute Gasteiger partial charge is 0.280 e. The van der Waals surface area contributed by atoms with Crippen molar-refractivity contribution in [2.75, 3.05) is 0 Å². The molecule has 1 saturated carbocycles. The molecule has 1 fully saturated rings. The summed E-state index contributed by atoms with van der Waals surface area (Å²) < 4.78 is 5.76. The summed E-state index contributed by atoms with van der Waals surface area (Å²) in [5, 5.41) is 6.53. The predicted octanol–water partition coefficient (Wildman–Crippen LogP) is 4.29. The molecule has 0 heterocycles. The first-order valence-electron chi connectivity index (χ1n) is 8.62. The lowest BCUT2D eigenvalue weighted by Gasteiger charge is -2.19. The van der Waals surface area contributed by atoms with Gasteiger partial charge in [0.25, 0.3) is 5.91 Å². The summed E-state index contributed by atoms with van der Waals surface area (Å²) in [6.07, 6.45) is 3.76. The molecule has 0 radical (unpaired) electrons. The lowest BCUT2D eigenvalue weighted by Crippen LogP contribution is -2.34. The van der Waals surface area contributed by atoms with Gasteiger partial charge in [-0.3, -0.25) is 4.79 Å². The zero-order valence-corrected chi connectivity index (χ0v) is 14.3. The summed E-state index contributed by atoms with van der Waals surface area (Å²) in [4.78, 5) is 12.2. The Hall–Kier alpha value is -2.36. The highest BCUT2D eigenvalue weighted by atomic mass is 16.5. The van der Waals surface area contributed by atoms with Crippen LogP contribution >= 0.6 is 0 Å². The second-order valence-electron chi connectivity index (χ2n) is 6.62. The maximum atomic E-state index is 12.2. The number of carbonyl (C=O) groups is 1. The van der Waals surface area contributed by atoms with Crippen molar-refractivity contribution in [2.45, 2.75) is 45.6 Å². The van der Waals surface area contributed by atoms with Crippen LogP contribution in [0.25, 0.3) is 10.8 Å². The molecule has 126 valence electrons. The van der Waals surface area contributed by atoms with Gasteiger partial charge in [0.05, 0.1) is 0 Å². The molecule has 0 aromatic heterocycles. The molecule has 2 aromatic carbocycles. The van der Waals surface area contributed by atoms with E-state index in [0.29, 0.717) is 11.7 Å². The third-order valence-electron chi connectivity index (χ3n) is 4.47. The SMILES string of the molecule is C[C@H]1CCC/C(=N/NC(=O)[C@@H](C)Oc2ccc3ccccc3c2)C1. The van der Waals surface area contributed by atoms with E-state index in [4.69, 9.17) is 4.74 Å². The third-order valence-corrected chi connectivity index (χ3v) is 4.47. The minimum Gasteiger partial charge on any atom is -0.481 e. The van der Waals surface area contributed by atoms with E-state index in [1.807, 2.05) is 36.4 Å². The molecule has 2 aromatic rings. The molecule has 1 aliphatic carbocycles. The number of nitrogens with one attached hydrogen (secondary N) is 1. The van der Waals surface area contributed by atoms with Gasteiger partial charge in [-0.05, 0) is 61.4 Å². The normalized spacial score (nSPS) is 20.8. The molecule has 24 heavy (non-hydrogen) atoms. The van der Waals surface area contributed by atoms with Gasteiger partial charge in [0.15, 0.2) is 6.10 Å². The monoisotopic (exact) mass is 324 g/mol. The lowest BCUT2D eigenvalue weighted by atomic mass is 9.89. The minimum absolute atomic E-state index is 0.214. The van der Waals surface area contributed by atoms with Crippen LogP contribution in [-0.2, 0) is 4.79 Å². The predicted molar refractivity (Wildman–Crippen MR) is 97.2 cm³/mol. The first kappa shape index (κ1) is 16.5. The van der Waals surface area contributed by atoms with Gasteiger partial charge in [0.2, 0.25) is 0 Å². The second-order valence-corrected chi connectivity index (χ2v) is 6.62. The van der Waals surface area contributed by atoms with E-state index in [0.717, 1.165) is 35.7 Å². The number of rotatable bonds is 4. The van der Waals surface area contributed by atoms with E-state index in [1.54, 1.807) is 6.92 Å². The number of nitrogens with zero attached hydrogens (tertiary/aromatic N) is 1. The summed E-state index contributed by atoms with van der Waals surface area (Å²) >= 11 is 0. The van der Waals surface area contributed by atoms with E-state index in [2.05, 4.69) is 23.5 Å². The third kappa shape index (κ3) is 4.13.